The van der Waals surface area contributed by atoms with Gasteiger partial charge in [0.1, 0.15) is 28.2 Å². The van der Waals surface area contributed by atoms with Gasteiger partial charge < -0.3 is 10.1 Å². The Bertz CT molecular complexity index is 2200. The normalized spacial score (nSPS) is 13.9. The number of hydrogen-bond donors (Lipinski definition) is 1. The Kier molecular flexibility index (Phi) is 7.24. The molecule has 0 aliphatic carbocycles. The largest absolute Gasteiger partial charge is 0.469 e. The lowest BCUT2D eigenvalue weighted by molar-refractivity contribution is -0.141. The van der Waals surface area contributed by atoms with Crippen LogP contribution >= 0.6 is 11.3 Å². The van der Waals surface area contributed by atoms with Crippen molar-refractivity contribution in [2.45, 2.75) is 33.2 Å². The first-order chi connectivity index (χ1) is 22.2. The minimum absolute atomic E-state index is 0.0125. The number of halogens is 1. The van der Waals surface area contributed by atoms with Gasteiger partial charge in [-0.2, -0.15) is 5.10 Å². The highest BCUT2D eigenvalue weighted by Crippen LogP contribution is 2.40. The van der Waals surface area contributed by atoms with Gasteiger partial charge in [0, 0.05) is 28.4 Å². The molecule has 0 spiro atoms. The lowest BCUT2D eigenvalue weighted by Gasteiger charge is -2.12. The Balaban J connectivity index is 1.24. The summed E-state index contributed by atoms with van der Waals surface area (Å²) in [5, 5.41) is 16.5. The second-order valence-corrected chi connectivity index (χ2v) is 12.1. The van der Waals surface area contributed by atoms with Crippen LogP contribution in [-0.4, -0.2) is 54.1 Å². The average molecular weight is 635 g/mol. The lowest BCUT2D eigenvalue weighted by Crippen LogP contribution is -2.13. The number of hydrogen-bond acceptors (Lipinski definition) is 9. The first kappa shape index (κ1) is 29.2. The third-order valence-corrected chi connectivity index (χ3v) is 9.25. The number of rotatable bonds is 6. The zero-order chi connectivity index (χ0) is 32.1. The maximum atomic E-state index is 14.9. The van der Waals surface area contributed by atoms with E-state index in [-0.39, 0.29) is 17.7 Å². The summed E-state index contributed by atoms with van der Waals surface area (Å²) in [6.45, 7) is 6.01. The Morgan fingerprint density at radius 1 is 1.04 bits per heavy atom. The van der Waals surface area contributed by atoms with E-state index in [1.807, 2.05) is 35.8 Å². The van der Waals surface area contributed by atoms with E-state index in [9.17, 15) is 14.0 Å². The molecule has 2 aromatic carbocycles. The molecule has 7 rings (SSSR count). The zero-order valence-electron chi connectivity index (χ0n) is 25.3. The van der Waals surface area contributed by atoms with Crippen molar-refractivity contribution in [1.82, 2.24) is 29.4 Å². The number of aliphatic imine (C=N–C) groups is 1. The van der Waals surface area contributed by atoms with Crippen molar-refractivity contribution in [3.8, 4) is 16.1 Å². The second-order valence-electron chi connectivity index (χ2n) is 10.9. The number of esters is 1. The second kappa shape index (κ2) is 11.4. The van der Waals surface area contributed by atoms with Crippen LogP contribution in [0.4, 0.5) is 10.1 Å². The number of amides is 1. The summed E-state index contributed by atoms with van der Waals surface area (Å²) < 4.78 is 23.3. The number of benzene rings is 2. The van der Waals surface area contributed by atoms with E-state index in [0.717, 1.165) is 37.8 Å². The summed E-state index contributed by atoms with van der Waals surface area (Å²) in [6, 6.07) is 13.4. The number of aromatic nitrogens is 6. The topological polar surface area (TPSA) is 129 Å². The summed E-state index contributed by atoms with van der Waals surface area (Å²) in [4.78, 5) is 35.9. The number of methoxy groups -OCH3 is 1. The van der Waals surface area contributed by atoms with Gasteiger partial charge in [-0.25, -0.2) is 13.9 Å². The van der Waals surface area contributed by atoms with Gasteiger partial charge in [0.05, 0.1) is 31.1 Å². The van der Waals surface area contributed by atoms with Gasteiger partial charge in [0.2, 0.25) is 0 Å². The number of anilines is 1. The van der Waals surface area contributed by atoms with Gasteiger partial charge >= 0.3 is 5.97 Å². The fourth-order valence-electron chi connectivity index (χ4n) is 5.56. The molecule has 1 N–H and O–H groups in total. The fraction of sp³-hybridized carbons (Fsp3) is 0.182. The Hall–Kier alpha value is -5.56. The molecule has 0 bridgehead atoms. The number of nitrogens with one attached hydrogen (secondary N) is 1. The summed E-state index contributed by atoms with van der Waals surface area (Å²) in [5.41, 5.74) is 5.77. The molecule has 46 heavy (non-hydrogen) atoms. The minimum Gasteiger partial charge on any atom is -0.469 e. The molecular weight excluding hydrogens is 607 g/mol. The maximum absolute atomic E-state index is 14.9. The first-order valence-corrected chi connectivity index (χ1v) is 15.2. The van der Waals surface area contributed by atoms with E-state index in [0.29, 0.717) is 22.9 Å². The molecule has 0 saturated carbocycles. The quantitative estimate of drug-likeness (QED) is 0.229. The molecule has 0 radical (unpaired) electrons. The van der Waals surface area contributed by atoms with Gasteiger partial charge in [-0.05, 0) is 55.7 Å². The summed E-state index contributed by atoms with van der Waals surface area (Å²) in [5.74, 6) is -0.198. The van der Waals surface area contributed by atoms with Crippen LogP contribution in [0.5, 0.6) is 0 Å². The van der Waals surface area contributed by atoms with Gasteiger partial charge in [-0.15, -0.1) is 21.5 Å². The number of ether oxygens (including phenoxy) is 1. The van der Waals surface area contributed by atoms with Crippen LogP contribution in [0.3, 0.4) is 0 Å². The molecule has 1 amide bonds. The number of aryl methyl sites for hydroxylation is 2. The highest BCUT2D eigenvalue weighted by molar-refractivity contribution is 7.15. The molecule has 1 aliphatic heterocycles. The highest BCUT2D eigenvalue weighted by Gasteiger charge is 2.32. The predicted molar refractivity (Wildman–Crippen MR) is 171 cm³/mol. The maximum Gasteiger partial charge on any atom is 0.308 e. The van der Waals surface area contributed by atoms with E-state index >= 15 is 0 Å². The van der Waals surface area contributed by atoms with E-state index < -0.39 is 23.7 Å². The highest BCUT2D eigenvalue weighted by atomic mass is 32.1. The Morgan fingerprint density at radius 2 is 1.80 bits per heavy atom. The SMILES string of the molecule is COC(=O)C[C@@H]1N=C(c2ccc(-c3ccc(F)c(NC(=O)c4cnn5cccnc45)c3)cc2)c2c(sc(C)c2C)-n2c(C)nnc21. The summed E-state index contributed by atoms with van der Waals surface area (Å²) in [7, 11) is 1.35. The van der Waals surface area contributed by atoms with Crippen LogP contribution in [0, 0.1) is 26.6 Å². The van der Waals surface area contributed by atoms with Crippen LogP contribution in [-0.2, 0) is 9.53 Å². The number of carbonyl (C=O) groups is 2. The van der Waals surface area contributed by atoms with Gasteiger partial charge in [-0.3, -0.25) is 19.1 Å². The van der Waals surface area contributed by atoms with Crippen LogP contribution < -0.4 is 5.32 Å². The van der Waals surface area contributed by atoms with Gasteiger partial charge in [0.15, 0.2) is 11.5 Å². The van der Waals surface area contributed by atoms with Crippen molar-refractivity contribution in [2.24, 2.45) is 4.99 Å². The van der Waals surface area contributed by atoms with E-state index in [1.165, 1.54) is 23.9 Å². The van der Waals surface area contributed by atoms with Crippen molar-refractivity contribution < 1.29 is 18.7 Å². The fourth-order valence-corrected chi connectivity index (χ4v) is 6.78. The third-order valence-electron chi connectivity index (χ3n) is 8.06. The Morgan fingerprint density at radius 3 is 2.59 bits per heavy atom. The summed E-state index contributed by atoms with van der Waals surface area (Å²) >= 11 is 1.63. The molecule has 0 saturated heterocycles. The number of carbonyl (C=O) groups excluding carboxylic acids is 2. The Labute approximate surface area is 266 Å². The third kappa shape index (κ3) is 4.94. The van der Waals surface area contributed by atoms with Crippen LogP contribution in [0.1, 0.15) is 56.0 Å². The molecular formula is C33H27FN8O3S. The van der Waals surface area contributed by atoms with Crippen molar-refractivity contribution in [3.63, 3.8) is 0 Å². The summed E-state index contributed by atoms with van der Waals surface area (Å²) in [6.07, 6.45) is 4.65. The van der Waals surface area contributed by atoms with Crippen LogP contribution in [0.15, 0.2) is 72.1 Å². The van der Waals surface area contributed by atoms with Crippen molar-refractivity contribution >= 4 is 40.3 Å². The molecule has 0 fully saturated rings. The van der Waals surface area contributed by atoms with Crippen molar-refractivity contribution in [2.75, 3.05) is 12.4 Å². The standard InChI is InChI=1S/C33H27FN8O3S/c1-17-18(2)46-33-28(17)29(37-26(15-27(43)45-4)31-40-39-19(3)42(31)33)21-8-6-20(7-9-21)22-10-11-24(34)25(14-22)38-32(44)23-16-36-41-13-5-12-35-30(23)41/h5-14,16,26H,15H2,1-4H3,(H,38,44)/t26-/m0/s1. The number of nitrogens with zero attached hydrogens (tertiary/aromatic N) is 7. The van der Waals surface area contributed by atoms with Gasteiger partial charge in [0.25, 0.3) is 5.91 Å². The molecule has 13 heteroatoms. The first-order valence-electron chi connectivity index (χ1n) is 14.4. The number of thiophene rings is 1. The molecule has 6 aromatic rings. The average Bonchev–Trinajstić information content (AvgIpc) is 3.72. The molecule has 0 unspecified atom stereocenters. The monoisotopic (exact) mass is 634 g/mol. The molecule has 11 nitrogen and oxygen atoms in total. The molecule has 4 aromatic heterocycles. The molecule has 230 valence electrons. The van der Waals surface area contributed by atoms with Crippen LogP contribution in [0.2, 0.25) is 0 Å². The smallest absolute Gasteiger partial charge is 0.308 e. The predicted octanol–water partition coefficient (Wildman–Crippen LogP) is 5.81. The molecule has 5 heterocycles. The van der Waals surface area contributed by atoms with Crippen molar-refractivity contribution in [3.05, 3.63) is 112 Å². The van der Waals surface area contributed by atoms with Crippen molar-refractivity contribution in [1.29, 1.82) is 0 Å². The van der Waals surface area contributed by atoms with E-state index in [2.05, 4.69) is 39.4 Å². The van der Waals surface area contributed by atoms with Crippen LogP contribution in [0.25, 0.3) is 21.8 Å². The van der Waals surface area contributed by atoms with Gasteiger partial charge in [-0.1, -0.05) is 30.3 Å². The molecule has 1 aliphatic rings. The molecule has 1 atom stereocenters. The van der Waals surface area contributed by atoms with E-state index in [1.54, 1.807) is 41.9 Å². The number of fused-ring (bicyclic) bond motifs is 4. The van der Waals surface area contributed by atoms with E-state index in [4.69, 9.17) is 9.73 Å². The minimum atomic E-state index is -0.603. The zero-order valence-corrected chi connectivity index (χ0v) is 26.1. The lowest BCUT2D eigenvalue weighted by atomic mass is 9.97.